The first kappa shape index (κ1) is 12.8. The Morgan fingerprint density at radius 2 is 2.28 bits per heavy atom. The van der Waals surface area contributed by atoms with Crippen LogP contribution in [0.2, 0.25) is 4.34 Å². The van der Waals surface area contributed by atoms with Crippen LogP contribution in [0.5, 0.6) is 0 Å². The van der Waals surface area contributed by atoms with Crippen LogP contribution in [0.3, 0.4) is 0 Å². The first-order chi connectivity index (χ1) is 8.70. The van der Waals surface area contributed by atoms with Crippen LogP contribution in [-0.2, 0) is 6.54 Å². The Labute approximate surface area is 113 Å². The van der Waals surface area contributed by atoms with Crippen molar-refractivity contribution in [3.05, 3.63) is 45.4 Å². The first-order valence-electron chi connectivity index (χ1n) is 5.13. The quantitative estimate of drug-likeness (QED) is 0.592. The summed E-state index contributed by atoms with van der Waals surface area (Å²) in [6, 6.07) is 5.31. The number of hydrazine groups is 1. The van der Waals surface area contributed by atoms with Crippen LogP contribution in [0.15, 0.2) is 30.6 Å². The number of pyridine rings is 1. The maximum absolute atomic E-state index is 11.9. The summed E-state index contributed by atoms with van der Waals surface area (Å²) < 4.78 is 0.699. The molecule has 4 N–H and O–H groups in total. The molecule has 0 saturated carbocycles. The molecule has 0 aliphatic heterocycles. The third kappa shape index (κ3) is 2.98. The van der Waals surface area contributed by atoms with Crippen LogP contribution in [0, 0.1) is 0 Å². The summed E-state index contributed by atoms with van der Waals surface area (Å²) in [7, 11) is 0. The number of hydrogen-bond acceptors (Lipinski definition) is 5. The van der Waals surface area contributed by atoms with E-state index < -0.39 is 0 Å². The van der Waals surface area contributed by atoms with E-state index >= 15 is 0 Å². The molecule has 94 valence electrons. The number of hydrogen-bond donors (Lipinski definition) is 3. The van der Waals surface area contributed by atoms with Crippen molar-refractivity contribution >= 4 is 34.5 Å². The molecule has 0 fully saturated rings. The molecular formula is C11H11ClN4OS. The predicted molar refractivity (Wildman–Crippen MR) is 72.5 cm³/mol. The lowest BCUT2D eigenvalue weighted by atomic mass is 10.2. The molecule has 0 aromatic carbocycles. The smallest absolute Gasteiger partial charge is 0.255 e. The second-order valence-electron chi connectivity index (χ2n) is 3.45. The zero-order valence-corrected chi connectivity index (χ0v) is 10.9. The van der Waals surface area contributed by atoms with Crippen molar-refractivity contribution in [2.75, 3.05) is 5.43 Å². The van der Waals surface area contributed by atoms with Crippen molar-refractivity contribution < 1.29 is 4.79 Å². The summed E-state index contributed by atoms with van der Waals surface area (Å²) in [5, 5.41) is 2.78. The number of nitrogens with one attached hydrogen (secondary N) is 2. The lowest BCUT2D eigenvalue weighted by Gasteiger charge is -2.08. The molecule has 7 heteroatoms. The lowest BCUT2D eigenvalue weighted by molar-refractivity contribution is 0.0951. The van der Waals surface area contributed by atoms with Crippen molar-refractivity contribution in [3.63, 3.8) is 0 Å². The molecule has 0 atom stereocenters. The molecule has 0 bridgehead atoms. The molecular weight excluding hydrogens is 272 g/mol. The Bertz CT molecular complexity index is 557. The van der Waals surface area contributed by atoms with Crippen LogP contribution < -0.4 is 16.6 Å². The second-order valence-corrected chi connectivity index (χ2v) is 5.25. The van der Waals surface area contributed by atoms with E-state index in [1.807, 2.05) is 6.07 Å². The first-order valence-corrected chi connectivity index (χ1v) is 6.33. The average molecular weight is 283 g/mol. The summed E-state index contributed by atoms with van der Waals surface area (Å²) >= 11 is 7.24. The highest BCUT2D eigenvalue weighted by molar-refractivity contribution is 7.16. The standard InChI is InChI=1S/C11H11ClN4OS/c12-10-2-1-7(18-10)5-15-11(17)8-6-14-4-3-9(8)16-13/h1-4,6H,5,13H2,(H,14,16)(H,15,17). The van der Waals surface area contributed by atoms with Gasteiger partial charge in [-0.15, -0.1) is 11.3 Å². The minimum absolute atomic E-state index is 0.236. The van der Waals surface area contributed by atoms with Crippen LogP contribution >= 0.6 is 22.9 Å². The number of nitrogen functional groups attached to an aromatic ring is 1. The van der Waals surface area contributed by atoms with Crippen molar-refractivity contribution in [2.45, 2.75) is 6.54 Å². The van der Waals surface area contributed by atoms with Gasteiger partial charge in [-0.3, -0.25) is 15.6 Å². The molecule has 2 rings (SSSR count). The van der Waals surface area contributed by atoms with Crippen molar-refractivity contribution in [2.24, 2.45) is 5.84 Å². The van der Waals surface area contributed by atoms with E-state index in [0.717, 1.165) is 4.88 Å². The maximum atomic E-state index is 11.9. The van der Waals surface area contributed by atoms with E-state index in [-0.39, 0.29) is 5.91 Å². The minimum Gasteiger partial charge on any atom is -0.347 e. The number of anilines is 1. The number of rotatable bonds is 4. The predicted octanol–water partition coefficient (Wildman–Crippen LogP) is 2.01. The Hall–Kier alpha value is -1.63. The molecule has 0 saturated heterocycles. The van der Waals surface area contributed by atoms with Gasteiger partial charge in [0, 0.05) is 17.3 Å². The number of thiophene rings is 1. The van der Waals surface area contributed by atoms with E-state index in [1.165, 1.54) is 17.5 Å². The molecule has 18 heavy (non-hydrogen) atoms. The lowest BCUT2D eigenvalue weighted by Crippen LogP contribution is -2.24. The van der Waals surface area contributed by atoms with Gasteiger partial charge < -0.3 is 10.7 Å². The molecule has 2 aromatic rings. The van der Waals surface area contributed by atoms with Gasteiger partial charge in [0.2, 0.25) is 0 Å². The normalized spacial score (nSPS) is 10.1. The summed E-state index contributed by atoms with van der Waals surface area (Å²) in [5.74, 6) is 5.09. The fraction of sp³-hybridized carbons (Fsp3) is 0.0909. The fourth-order valence-electron chi connectivity index (χ4n) is 1.41. The monoisotopic (exact) mass is 282 g/mol. The molecule has 0 spiro atoms. The minimum atomic E-state index is -0.236. The van der Waals surface area contributed by atoms with Gasteiger partial charge >= 0.3 is 0 Å². The highest BCUT2D eigenvalue weighted by Gasteiger charge is 2.10. The molecule has 5 nitrogen and oxygen atoms in total. The van der Waals surface area contributed by atoms with Gasteiger partial charge in [0.05, 0.1) is 22.1 Å². The number of carbonyl (C=O) groups excluding carboxylic acids is 1. The van der Waals surface area contributed by atoms with Crippen LogP contribution in [0.25, 0.3) is 0 Å². The third-order valence-corrected chi connectivity index (χ3v) is 3.50. The van der Waals surface area contributed by atoms with Crippen LogP contribution in [-0.4, -0.2) is 10.9 Å². The summed E-state index contributed by atoms with van der Waals surface area (Å²) in [6.07, 6.45) is 3.02. The average Bonchev–Trinajstić information content (AvgIpc) is 2.81. The summed E-state index contributed by atoms with van der Waals surface area (Å²) in [5.41, 5.74) is 3.40. The van der Waals surface area contributed by atoms with Crippen molar-refractivity contribution in [1.29, 1.82) is 0 Å². The molecule has 0 aliphatic rings. The van der Waals surface area contributed by atoms with Gasteiger partial charge in [0.15, 0.2) is 0 Å². The van der Waals surface area contributed by atoms with Gasteiger partial charge in [-0.05, 0) is 18.2 Å². The molecule has 2 aromatic heterocycles. The summed E-state index contributed by atoms with van der Waals surface area (Å²) in [6.45, 7) is 0.426. The number of halogens is 1. The molecule has 0 aliphatic carbocycles. The van der Waals surface area contributed by atoms with Gasteiger partial charge in [-0.25, -0.2) is 0 Å². The van der Waals surface area contributed by atoms with Crippen LogP contribution in [0.1, 0.15) is 15.2 Å². The largest absolute Gasteiger partial charge is 0.347 e. The zero-order chi connectivity index (χ0) is 13.0. The van der Waals surface area contributed by atoms with E-state index in [9.17, 15) is 4.79 Å². The van der Waals surface area contributed by atoms with Crippen LogP contribution in [0.4, 0.5) is 5.69 Å². The molecule has 2 heterocycles. The number of nitrogens with two attached hydrogens (primary N) is 1. The number of nitrogens with zero attached hydrogens (tertiary/aromatic N) is 1. The van der Waals surface area contributed by atoms with Gasteiger partial charge in [-0.2, -0.15) is 0 Å². The van der Waals surface area contributed by atoms with Gasteiger partial charge in [-0.1, -0.05) is 11.6 Å². The zero-order valence-electron chi connectivity index (χ0n) is 9.31. The van der Waals surface area contributed by atoms with E-state index in [1.54, 1.807) is 18.3 Å². The topological polar surface area (TPSA) is 80.0 Å². The van der Waals surface area contributed by atoms with E-state index in [4.69, 9.17) is 17.4 Å². The molecule has 1 amide bonds. The van der Waals surface area contributed by atoms with Crippen molar-refractivity contribution in [3.8, 4) is 0 Å². The molecule has 0 unspecified atom stereocenters. The third-order valence-electron chi connectivity index (χ3n) is 2.27. The SMILES string of the molecule is NNc1ccncc1C(=O)NCc1ccc(Cl)s1. The Morgan fingerprint density at radius 3 is 2.94 bits per heavy atom. The highest BCUT2D eigenvalue weighted by Crippen LogP contribution is 2.21. The van der Waals surface area contributed by atoms with E-state index in [0.29, 0.717) is 22.1 Å². The second kappa shape index (κ2) is 5.81. The fourth-order valence-corrected chi connectivity index (χ4v) is 2.44. The Kier molecular flexibility index (Phi) is 4.14. The Morgan fingerprint density at radius 1 is 1.44 bits per heavy atom. The number of amides is 1. The van der Waals surface area contributed by atoms with E-state index in [2.05, 4.69) is 15.7 Å². The molecule has 0 radical (unpaired) electrons. The van der Waals surface area contributed by atoms with Crippen molar-refractivity contribution in [1.82, 2.24) is 10.3 Å². The maximum Gasteiger partial charge on any atom is 0.255 e. The van der Waals surface area contributed by atoms with Gasteiger partial charge in [0.1, 0.15) is 0 Å². The number of carbonyl (C=O) groups is 1. The van der Waals surface area contributed by atoms with Gasteiger partial charge in [0.25, 0.3) is 5.91 Å². The highest BCUT2D eigenvalue weighted by atomic mass is 35.5. The summed E-state index contributed by atoms with van der Waals surface area (Å²) in [4.78, 5) is 16.8. The Balaban J connectivity index is 2.03. The number of aromatic nitrogens is 1.